The van der Waals surface area contributed by atoms with Gasteiger partial charge in [-0.1, -0.05) is 30.3 Å². The first kappa shape index (κ1) is 13.4. The maximum absolute atomic E-state index is 12.6. The van der Waals surface area contributed by atoms with Crippen LogP contribution in [0.3, 0.4) is 0 Å². The number of nitrogens with two attached hydrogens (primary N) is 1. The van der Waals surface area contributed by atoms with Gasteiger partial charge in [0.15, 0.2) is 0 Å². The Morgan fingerprint density at radius 2 is 1.83 bits per heavy atom. The van der Waals surface area contributed by atoms with Crippen LogP contribution in [0.5, 0.6) is 0 Å². The monoisotopic (exact) mass is 258 g/mol. The second kappa shape index (κ2) is 5.28. The number of rotatable bonds is 5. The van der Waals surface area contributed by atoms with Gasteiger partial charge >= 0.3 is 6.18 Å². The fourth-order valence-electron chi connectivity index (χ4n) is 2.25. The molecule has 0 radical (unpaired) electrons. The van der Waals surface area contributed by atoms with Gasteiger partial charge in [-0.3, -0.25) is 4.90 Å². The maximum atomic E-state index is 12.6. The molecule has 5 heteroatoms. The molecule has 1 unspecified atom stereocenters. The number of hydrogen-bond acceptors (Lipinski definition) is 2. The Hall–Kier alpha value is -1.07. The highest BCUT2D eigenvalue weighted by molar-refractivity contribution is 5.20. The number of hydrogen-bond donors (Lipinski definition) is 1. The summed E-state index contributed by atoms with van der Waals surface area (Å²) in [5, 5.41) is 0. The van der Waals surface area contributed by atoms with Crippen LogP contribution >= 0.6 is 0 Å². The average Bonchev–Trinajstić information content (AvgIpc) is 3.12. The van der Waals surface area contributed by atoms with Gasteiger partial charge in [0.05, 0.1) is 6.54 Å². The second-order valence-corrected chi connectivity index (χ2v) is 4.68. The van der Waals surface area contributed by atoms with Crippen molar-refractivity contribution in [1.29, 1.82) is 0 Å². The van der Waals surface area contributed by atoms with Gasteiger partial charge in [-0.05, 0) is 18.4 Å². The number of benzene rings is 1. The molecule has 0 aliphatic heterocycles. The Kier molecular flexibility index (Phi) is 3.92. The molecule has 2 nitrogen and oxygen atoms in total. The lowest BCUT2D eigenvalue weighted by molar-refractivity contribution is -0.152. The Morgan fingerprint density at radius 1 is 1.22 bits per heavy atom. The van der Waals surface area contributed by atoms with Crippen LogP contribution in [0.25, 0.3) is 0 Å². The molecule has 1 aromatic carbocycles. The summed E-state index contributed by atoms with van der Waals surface area (Å²) in [6, 6.07) is 8.86. The molecule has 100 valence electrons. The quantitative estimate of drug-likeness (QED) is 0.880. The molecule has 1 aliphatic rings. The van der Waals surface area contributed by atoms with Crippen molar-refractivity contribution in [2.75, 3.05) is 13.1 Å². The molecule has 0 saturated heterocycles. The summed E-state index contributed by atoms with van der Waals surface area (Å²) in [6.45, 7) is -0.676. The summed E-state index contributed by atoms with van der Waals surface area (Å²) >= 11 is 0. The predicted molar refractivity (Wildman–Crippen MR) is 64.0 cm³/mol. The van der Waals surface area contributed by atoms with Crippen molar-refractivity contribution in [3.05, 3.63) is 35.9 Å². The van der Waals surface area contributed by atoms with E-state index in [0.29, 0.717) is 0 Å². The first-order valence-corrected chi connectivity index (χ1v) is 6.09. The molecule has 0 amide bonds. The summed E-state index contributed by atoms with van der Waals surface area (Å²) < 4.78 is 37.9. The fraction of sp³-hybridized carbons (Fsp3) is 0.538. The van der Waals surface area contributed by atoms with Crippen LogP contribution in [0.4, 0.5) is 13.2 Å². The number of halogens is 3. The van der Waals surface area contributed by atoms with E-state index in [1.807, 2.05) is 30.3 Å². The van der Waals surface area contributed by atoms with Crippen molar-refractivity contribution >= 4 is 0 Å². The molecule has 18 heavy (non-hydrogen) atoms. The van der Waals surface area contributed by atoms with Crippen LogP contribution in [0, 0.1) is 0 Å². The average molecular weight is 258 g/mol. The Labute approximate surface area is 105 Å². The van der Waals surface area contributed by atoms with Crippen LogP contribution in [0.2, 0.25) is 0 Å². The third kappa shape index (κ3) is 3.46. The summed E-state index contributed by atoms with van der Waals surface area (Å²) in [7, 11) is 0. The smallest absolute Gasteiger partial charge is 0.329 e. The standard InChI is InChI=1S/C13H17F3N2/c14-13(15,16)9-18(11-6-7-11)12(8-17)10-4-2-1-3-5-10/h1-5,11-12H,6-9,17H2. The van der Waals surface area contributed by atoms with E-state index < -0.39 is 12.7 Å². The molecule has 0 bridgehead atoms. The Morgan fingerprint density at radius 3 is 2.28 bits per heavy atom. The normalized spacial score (nSPS) is 18.1. The van der Waals surface area contributed by atoms with Gasteiger partial charge in [0, 0.05) is 18.6 Å². The molecular weight excluding hydrogens is 241 g/mol. The highest BCUT2D eigenvalue weighted by Crippen LogP contribution is 2.36. The lowest BCUT2D eigenvalue weighted by Crippen LogP contribution is -2.41. The molecule has 2 N–H and O–H groups in total. The largest absolute Gasteiger partial charge is 0.401 e. The van der Waals surface area contributed by atoms with E-state index >= 15 is 0 Å². The van der Waals surface area contributed by atoms with E-state index in [1.54, 1.807) is 0 Å². The first-order chi connectivity index (χ1) is 8.51. The van der Waals surface area contributed by atoms with Gasteiger partial charge in [0.1, 0.15) is 0 Å². The summed E-state index contributed by atoms with van der Waals surface area (Å²) in [5.41, 5.74) is 6.54. The molecule has 1 saturated carbocycles. The SMILES string of the molecule is NCC(c1ccccc1)N(CC(F)(F)F)C1CC1. The molecule has 1 atom stereocenters. The fourth-order valence-corrected chi connectivity index (χ4v) is 2.25. The van der Waals surface area contributed by atoms with Crippen molar-refractivity contribution in [2.45, 2.75) is 31.1 Å². The summed E-state index contributed by atoms with van der Waals surface area (Å²) in [6.07, 6.45) is -2.51. The van der Waals surface area contributed by atoms with Crippen LogP contribution < -0.4 is 5.73 Å². The predicted octanol–water partition coefficient (Wildman–Crippen LogP) is 2.71. The molecule has 0 heterocycles. The summed E-state index contributed by atoms with van der Waals surface area (Å²) in [4.78, 5) is 1.50. The minimum Gasteiger partial charge on any atom is -0.329 e. The lowest BCUT2D eigenvalue weighted by Gasteiger charge is -2.32. The Bertz CT molecular complexity index is 374. The van der Waals surface area contributed by atoms with E-state index in [0.717, 1.165) is 18.4 Å². The molecule has 0 aromatic heterocycles. The number of nitrogens with zero attached hydrogens (tertiary/aromatic N) is 1. The van der Waals surface area contributed by atoms with Gasteiger partial charge in [-0.25, -0.2) is 0 Å². The van der Waals surface area contributed by atoms with Crippen molar-refractivity contribution in [2.24, 2.45) is 5.73 Å². The number of alkyl halides is 3. The lowest BCUT2D eigenvalue weighted by atomic mass is 10.1. The maximum Gasteiger partial charge on any atom is 0.401 e. The van der Waals surface area contributed by atoms with Crippen molar-refractivity contribution in [3.8, 4) is 0 Å². The van der Waals surface area contributed by atoms with Crippen LogP contribution in [0.15, 0.2) is 30.3 Å². The van der Waals surface area contributed by atoms with Gasteiger partial charge < -0.3 is 5.73 Å². The third-order valence-corrected chi connectivity index (χ3v) is 3.19. The van der Waals surface area contributed by atoms with E-state index in [4.69, 9.17) is 5.73 Å². The Balaban J connectivity index is 2.17. The third-order valence-electron chi connectivity index (χ3n) is 3.19. The first-order valence-electron chi connectivity index (χ1n) is 6.09. The van der Waals surface area contributed by atoms with E-state index in [9.17, 15) is 13.2 Å². The zero-order valence-electron chi connectivity index (χ0n) is 10.0. The van der Waals surface area contributed by atoms with Gasteiger partial charge in [-0.2, -0.15) is 13.2 Å². The highest BCUT2D eigenvalue weighted by atomic mass is 19.4. The molecule has 0 spiro atoms. The molecule has 1 fully saturated rings. The van der Waals surface area contributed by atoms with E-state index in [2.05, 4.69) is 0 Å². The zero-order valence-corrected chi connectivity index (χ0v) is 10.0. The van der Waals surface area contributed by atoms with Crippen LogP contribution in [-0.2, 0) is 0 Å². The van der Waals surface area contributed by atoms with Gasteiger partial charge in [0.25, 0.3) is 0 Å². The van der Waals surface area contributed by atoms with Gasteiger partial charge in [-0.15, -0.1) is 0 Å². The topological polar surface area (TPSA) is 29.3 Å². The highest BCUT2D eigenvalue weighted by Gasteiger charge is 2.41. The molecular formula is C13H17F3N2. The minimum atomic E-state index is -4.18. The summed E-state index contributed by atoms with van der Waals surface area (Å²) in [5.74, 6) is 0. The zero-order chi connectivity index (χ0) is 13.2. The van der Waals surface area contributed by atoms with Crippen molar-refractivity contribution < 1.29 is 13.2 Å². The van der Waals surface area contributed by atoms with E-state index in [-0.39, 0.29) is 18.6 Å². The van der Waals surface area contributed by atoms with E-state index in [1.165, 1.54) is 4.90 Å². The second-order valence-electron chi connectivity index (χ2n) is 4.68. The van der Waals surface area contributed by atoms with Gasteiger partial charge in [0.2, 0.25) is 0 Å². The molecule has 1 aromatic rings. The van der Waals surface area contributed by atoms with Crippen LogP contribution in [0.1, 0.15) is 24.4 Å². The minimum absolute atomic E-state index is 0.0281. The van der Waals surface area contributed by atoms with Crippen molar-refractivity contribution in [1.82, 2.24) is 4.90 Å². The van der Waals surface area contributed by atoms with Crippen molar-refractivity contribution in [3.63, 3.8) is 0 Å². The molecule has 1 aliphatic carbocycles. The van der Waals surface area contributed by atoms with Crippen LogP contribution in [-0.4, -0.2) is 30.2 Å². The molecule has 2 rings (SSSR count).